The Kier molecular flexibility index (Phi) is 6.02. The number of carbonyl (C=O) groups is 1. The lowest BCUT2D eigenvalue weighted by molar-refractivity contribution is -0.115. The van der Waals surface area contributed by atoms with Crippen LogP contribution in [0.15, 0.2) is 77.7 Å². The zero-order chi connectivity index (χ0) is 18.5. The third-order valence-corrected chi connectivity index (χ3v) is 5.58. The van der Waals surface area contributed by atoms with Crippen molar-refractivity contribution in [3.8, 4) is 0 Å². The molecule has 0 aromatic heterocycles. The highest BCUT2D eigenvalue weighted by Crippen LogP contribution is 2.37. The molecule has 3 aromatic rings. The highest BCUT2D eigenvalue weighted by molar-refractivity contribution is 8.00. The van der Waals surface area contributed by atoms with Gasteiger partial charge in [-0.3, -0.25) is 4.79 Å². The van der Waals surface area contributed by atoms with Crippen molar-refractivity contribution in [1.29, 1.82) is 0 Å². The van der Waals surface area contributed by atoms with Gasteiger partial charge in [0.1, 0.15) is 5.25 Å². The van der Waals surface area contributed by atoms with Gasteiger partial charge in [0.15, 0.2) is 0 Å². The fourth-order valence-electron chi connectivity index (χ4n) is 2.62. The topological polar surface area (TPSA) is 29.1 Å². The predicted molar refractivity (Wildman–Crippen MR) is 111 cm³/mol. The van der Waals surface area contributed by atoms with Gasteiger partial charge in [0.25, 0.3) is 0 Å². The maximum absolute atomic E-state index is 13.1. The van der Waals surface area contributed by atoms with E-state index in [0.717, 1.165) is 27.3 Å². The second kappa shape index (κ2) is 8.43. The van der Waals surface area contributed by atoms with E-state index in [9.17, 15) is 4.79 Å². The monoisotopic (exact) mass is 381 g/mol. The molecule has 3 aromatic carbocycles. The highest BCUT2D eigenvalue weighted by atomic mass is 35.5. The van der Waals surface area contributed by atoms with Gasteiger partial charge in [-0.15, -0.1) is 11.8 Å². The first-order valence-corrected chi connectivity index (χ1v) is 9.64. The van der Waals surface area contributed by atoms with E-state index in [1.54, 1.807) is 0 Å². The summed E-state index contributed by atoms with van der Waals surface area (Å²) >= 11 is 7.50. The average molecular weight is 382 g/mol. The molecular weight excluding hydrogens is 362 g/mol. The zero-order valence-electron chi connectivity index (χ0n) is 14.7. The number of aryl methyl sites for hydroxylation is 2. The number of hydrogen-bond donors (Lipinski definition) is 1. The second-order valence-electron chi connectivity index (χ2n) is 6.17. The van der Waals surface area contributed by atoms with Crippen LogP contribution in [0.3, 0.4) is 0 Å². The molecule has 0 aliphatic rings. The maximum Gasteiger partial charge on any atom is 0.242 e. The Morgan fingerprint density at radius 1 is 0.962 bits per heavy atom. The molecule has 0 saturated carbocycles. The van der Waals surface area contributed by atoms with Gasteiger partial charge in [-0.2, -0.15) is 0 Å². The summed E-state index contributed by atoms with van der Waals surface area (Å²) in [6.07, 6.45) is 0. The number of halogens is 1. The number of nitrogens with one attached hydrogen (secondary N) is 1. The van der Waals surface area contributed by atoms with Crippen molar-refractivity contribution in [2.75, 3.05) is 5.32 Å². The van der Waals surface area contributed by atoms with Crippen LogP contribution in [0.4, 0.5) is 5.69 Å². The van der Waals surface area contributed by atoms with Crippen molar-refractivity contribution in [3.05, 3.63) is 94.5 Å². The Labute approximate surface area is 163 Å². The number of hydrogen-bond acceptors (Lipinski definition) is 2. The predicted octanol–water partition coefficient (Wildman–Crippen LogP) is 6.43. The average Bonchev–Trinajstić information content (AvgIpc) is 2.65. The second-order valence-corrected chi connectivity index (χ2v) is 7.79. The fraction of sp³-hybridized carbons (Fsp3) is 0.136. The summed E-state index contributed by atoms with van der Waals surface area (Å²) in [5.74, 6) is -0.0372. The van der Waals surface area contributed by atoms with Crippen LogP contribution in [-0.2, 0) is 4.79 Å². The molecule has 3 rings (SSSR count). The smallest absolute Gasteiger partial charge is 0.242 e. The summed E-state index contributed by atoms with van der Waals surface area (Å²) in [5, 5.41) is 3.43. The summed E-state index contributed by atoms with van der Waals surface area (Å²) < 4.78 is 0. The van der Waals surface area contributed by atoms with Gasteiger partial charge < -0.3 is 5.32 Å². The van der Waals surface area contributed by atoms with Crippen molar-refractivity contribution in [2.45, 2.75) is 24.0 Å². The molecule has 2 nitrogen and oxygen atoms in total. The SMILES string of the molecule is Cc1ccc(C)c(NC(=O)[C@@H](Sc2ccc(Cl)cc2)c2ccccc2)c1. The Morgan fingerprint density at radius 3 is 2.35 bits per heavy atom. The minimum absolute atomic E-state index is 0.0372. The van der Waals surface area contributed by atoms with E-state index >= 15 is 0 Å². The molecule has 4 heteroatoms. The summed E-state index contributed by atoms with van der Waals surface area (Å²) in [7, 11) is 0. The number of amides is 1. The fourth-order valence-corrected chi connectivity index (χ4v) is 3.77. The first-order chi connectivity index (χ1) is 12.5. The highest BCUT2D eigenvalue weighted by Gasteiger charge is 2.22. The molecule has 0 spiro atoms. The van der Waals surface area contributed by atoms with Crippen LogP contribution >= 0.6 is 23.4 Å². The van der Waals surface area contributed by atoms with Crippen LogP contribution in [0.1, 0.15) is 21.9 Å². The Balaban J connectivity index is 1.88. The maximum atomic E-state index is 13.1. The first-order valence-electron chi connectivity index (χ1n) is 8.38. The molecule has 26 heavy (non-hydrogen) atoms. The molecule has 1 N–H and O–H groups in total. The molecular formula is C22H20ClNOS. The first kappa shape index (κ1) is 18.6. The Bertz CT molecular complexity index is 894. The number of rotatable bonds is 5. The van der Waals surface area contributed by atoms with Crippen molar-refractivity contribution in [1.82, 2.24) is 0 Å². The quantitative estimate of drug-likeness (QED) is 0.516. The van der Waals surface area contributed by atoms with Gasteiger partial charge in [-0.05, 0) is 60.9 Å². The van der Waals surface area contributed by atoms with Crippen LogP contribution in [-0.4, -0.2) is 5.91 Å². The standard InChI is InChI=1S/C22H20ClNOS/c1-15-8-9-16(2)20(14-15)24-22(25)21(17-6-4-3-5-7-17)26-19-12-10-18(23)11-13-19/h3-14,21H,1-2H3,(H,24,25)/t21-/m0/s1. The number of anilines is 1. The van der Waals surface area contributed by atoms with Crippen LogP contribution in [0, 0.1) is 13.8 Å². The van der Waals surface area contributed by atoms with E-state index < -0.39 is 0 Å². The van der Waals surface area contributed by atoms with Crippen molar-refractivity contribution in [3.63, 3.8) is 0 Å². The molecule has 1 atom stereocenters. The van der Waals surface area contributed by atoms with Crippen LogP contribution in [0.5, 0.6) is 0 Å². The van der Waals surface area contributed by atoms with E-state index in [1.807, 2.05) is 86.6 Å². The molecule has 0 unspecified atom stereocenters. The lowest BCUT2D eigenvalue weighted by Crippen LogP contribution is -2.19. The molecule has 0 aliphatic heterocycles. The van der Waals surface area contributed by atoms with Crippen LogP contribution in [0.25, 0.3) is 0 Å². The summed E-state index contributed by atoms with van der Waals surface area (Å²) in [5.41, 5.74) is 3.99. The van der Waals surface area contributed by atoms with Crippen molar-refractivity contribution < 1.29 is 4.79 Å². The number of carbonyl (C=O) groups excluding carboxylic acids is 1. The van der Waals surface area contributed by atoms with E-state index in [4.69, 9.17) is 11.6 Å². The van der Waals surface area contributed by atoms with E-state index in [-0.39, 0.29) is 11.2 Å². The lowest BCUT2D eigenvalue weighted by Gasteiger charge is -2.18. The normalized spacial score (nSPS) is 11.8. The molecule has 0 saturated heterocycles. The molecule has 132 valence electrons. The summed E-state index contributed by atoms with van der Waals surface area (Å²) in [4.78, 5) is 14.1. The molecule has 0 bridgehead atoms. The van der Waals surface area contributed by atoms with Crippen molar-refractivity contribution >= 4 is 35.0 Å². The van der Waals surface area contributed by atoms with Crippen LogP contribution in [0.2, 0.25) is 5.02 Å². The van der Waals surface area contributed by atoms with Gasteiger partial charge in [-0.1, -0.05) is 54.1 Å². The van der Waals surface area contributed by atoms with E-state index in [1.165, 1.54) is 11.8 Å². The Morgan fingerprint density at radius 2 is 1.65 bits per heavy atom. The number of thioether (sulfide) groups is 1. The summed E-state index contributed by atoms with van der Waals surface area (Å²) in [6, 6.07) is 23.5. The number of benzene rings is 3. The molecule has 0 fully saturated rings. The lowest BCUT2D eigenvalue weighted by atomic mass is 10.1. The van der Waals surface area contributed by atoms with Gasteiger partial charge in [-0.25, -0.2) is 0 Å². The summed E-state index contributed by atoms with van der Waals surface area (Å²) in [6.45, 7) is 4.02. The minimum Gasteiger partial charge on any atom is -0.325 e. The zero-order valence-corrected chi connectivity index (χ0v) is 16.3. The third kappa shape index (κ3) is 4.69. The molecule has 0 radical (unpaired) electrons. The van der Waals surface area contributed by atoms with Gasteiger partial charge in [0, 0.05) is 15.6 Å². The molecule has 0 heterocycles. The van der Waals surface area contributed by atoms with Gasteiger partial charge in [0.2, 0.25) is 5.91 Å². The van der Waals surface area contributed by atoms with Gasteiger partial charge >= 0.3 is 0 Å². The van der Waals surface area contributed by atoms with Crippen molar-refractivity contribution in [2.24, 2.45) is 0 Å². The third-order valence-electron chi connectivity index (χ3n) is 4.06. The van der Waals surface area contributed by atoms with E-state index in [2.05, 4.69) is 5.32 Å². The molecule has 1 amide bonds. The van der Waals surface area contributed by atoms with Gasteiger partial charge in [0.05, 0.1) is 0 Å². The minimum atomic E-state index is -0.350. The molecule has 0 aliphatic carbocycles. The van der Waals surface area contributed by atoms with Crippen LogP contribution < -0.4 is 5.32 Å². The Hall–Kier alpha value is -2.23. The largest absolute Gasteiger partial charge is 0.325 e. The van der Waals surface area contributed by atoms with E-state index in [0.29, 0.717) is 5.02 Å².